The van der Waals surface area contributed by atoms with E-state index in [2.05, 4.69) is 31.5 Å². The van der Waals surface area contributed by atoms with Crippen molar-refractivity contribution < 1.29 is 4.79 Å². The van der Waals surface area contributed by atoms with Crippen LogP contribution in [0, 0.1) is 6.92 Å². The molecule has 5 heteroatoms. The summed E-state index contributed by atoms with van der Waals surface area (Å²) >= 11 is 3.36. The van der Waals surface area contributed by atoms with E-state index in [-0.39, 0.29) is 5.91 Å². The Labute approximate surface area is 110 Å². The minimum atomic E-state index is 0.0779. The minimum absolute atomic E-state index is 0.0779. The molecular formula is C12H18BrN3O. The van der Waals surface area contributed by atoms with Crippen LogP contribution in [0.5, 0.6) is 0 Å². The molecule has 0 atom stereocenters. The second kappa shape index (κ2) is 7.27. The smallest absolute Gasteiger partial charge is 0.221 e. The van der Waals surface area contributed by atoms with Crippen LogP contribution in [0.2, 0.25) is 0 Å². The van der Waals surface area contributed by atoms with Crippen molar-refractivity contribution in [3.8, 4) is 0 Å². The molecule has 0 unspecified atom stereocenters. The standard InChI is InChI=1S/C12H18BrN3O/c1-3-5-14-11(17)4-6-15-12-9(2)7-10(13)8-16-12/h7-8H,3-6H2,1-2H3,(H,14,17)(H,15,16). The molecule has 1 aromatic heterocycles. The second-order valence-electron chi connectivity index (χ2n) is 3.85. The Bertz CT molecular complexity index is 382. The zero-order valence-electron chi connectivity index (χ0n) is 10.2. The van der Waals surface area contributed by atoms with Crippen molar-refractivity contribution >= 4 is 27.7 Å². The molecule has 94 valence electrons. The first-order valence-corrected chi connectivity index (χ1v) is 6.55. The fraction of sp³-hybridized carbons (Fsp3) is 0.500. The number of aryl methyl sites for hydroxylation is 1. The van der Waals surface area contributed by atoms with Crippen LogP contribution in [0.1, 0.15) is 25.3 Å². The highest BCUT2D eigenvalue weighted by Gasteiger charge is 2.02. The minimum Gasteiger partial charge on any atom is -0.369 e. The Morgan fingerprint density at radius 2 is 2.24 bits per heavy atom. The zero-order valence-corrected chi connectivity index (χ0v) is 11.8. The van der Waals surface area contributed by atoms with Crippen molar-refractivity contribution in [2.45, 2.75) is 26.7 Å². The fourth-order valence-corrected chi connectivity index (χ4v) is 1.82. The highest BCUT2D eigenvalue weighted by atomic mass is 79.9. The number of nitrogens with zero attached hydrogens (tertiary/aromatic N) is 1. The summed E-state index contributed by atoms with van der Waals surface area (Å²) in [6.07, 6.45) is 3.18. The van der Waals surface area contributed by atoms with Gasteiger partial charge in [0.1, 0.15) is 5.82 Å². The molecule has 0 aliphatic rings. The number of carbonyl (C=O) groups is 1. The fourth-order valence-electron chi connectivity index (χ4n) is 1.37. The molecule has 17 heavy (non-hydrogen) atoms. The van der Waals surface area contributed by atoms with Crippen molar-refractivity contribution in [1.82, 2.24) is 10.3 Å². The van der Waals surface area contributed by atoms with Crippen LogP contribution in [-0.4, -0.2) is 24.0 Å². The Kier molecular flexibility index (Phi) is 5.97. The van der Waals surface area contributed by atoms with Gasteiger partial charge in [-0.3, -0.25) is 4.79 Å². The summed E-state index contributed by atoms with van der Waals surface area (Å²) in [5.41, 5.74) is 1.06. The Balaban J connectivity index is 2.33. The number of nitrogens with one attached hydrogen (secondary N) is 2. The quantitative estimate of drug-likeness (QED) is 0.848. The molecule has 0 aliphatic carbocycles. The van der Waals surface area contributed by atoms with E-state index >= 15 is 0 Å². The molecule has 0 aromatic carbocycles. The predicted octanol–water partition coefficient (Wildman–Crippen LogP) is 2.48. The van der Waals surface area contributed by atoms with Crippen LogP contribution in [0.25, 0.3) is 0 Å². The first kappa shape index (κ1) is 14.0. The van der Waals surface area contributed by atoms with E-state index in [9.17, 15) is 4.79 Å². The SMILES string of the molecule is CCCNC(=O)CCNc1ncc(Br)cc1C. The van der Waals surface area contributed by atoms with Gasteiger partial charge in [-0.15, -0.1) is 0 Å². The Morgan fingerprint density at radius 3 is 2.88 bits per heavy atom. The van der Waals surface area contributed by atoms with Gasteiger partial charge in [0.25, 0.3) is 0 Å². The number of halogens is 1. The average Bonchev–Trinajstić information content (AvgIpc) is 2.29. The normalized spacial score (nSPS) is 10.1. The number of hydrogen-bond donors (Lipinski definition) is 2. The highest BCUT2D eigenvalue weighted by molar-refractivity contribution is 9.10. The molecule has 2 N–H and O–H groups in total. The second-order valence-corrected chi connectivity index (χ2v) is 4.76. The maximum atomic E-state index is 11.4. The number of aromatic nitrogens is 1. The molecule has 0 saturated carbocycles. The van der Waals surface area contributed by atoms with Gasteiger partial charge in [-0.2, -0.15) is 0 Å². The number of amides is 1. The van der Waals surface area contributed by atoms with E-state index in [0.717, 1.165) is 28.8 Å². The van der Waals surface area contributed by atoms with Gasteiger partial charge in [-0.25, -0.2) is 4.98 Å². The Morgan fingerprint density at radius 1 is 1.47 bits per heavy atom. The molecule has 1 aromatic rings. The van der Waals surface area contributed by atoms with E-state index in [1.807, 2.05) is 19.9 Å². The van der Waals surface area contributed by atoms with Crippen molar-refractivity contribution in [2.24, 2.45) is 0 Å². The topological polar surface area (TPSA) is 54.0 Å². The van der Waals surface area contributed by atoms with Gasteiger partial charge in [0.05, 0.1) is 0 Å². The van der Waals surface area contributed by atoms with Gasteiger partial charge < -0.3 is 10.6 Å². The van der Waals surface area contributed by atoms with Crippen molar-refractivity contribution in [1.29, 1.82) is 0 Å². The van der Waals surface area contributed by atoms with E-state index in [0.29, 0.717) is 13.0 Å². The summed E-state index contributed by atoms with van der Waals surface area (Å²) in [5, 5.41) is 5.99. The molecule has 1 heterocycles. The van der Waals surface area contributed by atoms with Crippen LogP contribution in [0.15, 0.2) is 16.7 Å². The molecule has 1 rings (SSSR count). The van der Waals surface area contributed by atoms with Crippen LogP contribution in [0.4, 0.5) is 5.82 Å². The third kappa shape index (κ3) is 5.17. The van der Waals surface area contributed by atoms with Gasteiger partial charge in [0.2, 0.25) is 5.91 Å². The van der Waals surface area contributed by atoms with E-state index in [4.69, 9.17) is 0 Å². The van der Waals surface area contributed by atoms with E-state index < -0.39 is 0 Å². The maximum Gasteiger partial charge on any atom is 0.221 e. The first-order chi connectivity index (χ1) is 8.13. The molecule has 0 spiro atoms. The van der Waals surface area contributed by atoms with Crippen molar-refractivity contribution in [2.75, 3.05) is 18.4 Å². The highest BCUT2D eigenvalue weighted by Crippen LogP contribution is 2.16. The van der Waals surface area contributed by atoms with Crippen molar-refractivity contribution in [3.05, 3.63) is 22.3 Å². The van der Waals surface area contributed by atoms with Gasteiger partial charge in [0.15, 0.2) is 0 Å². The molecule has 0 bridgehead atoms. The maximum absolute atomic E-state index is 11.4. The number of pyridine rings is 1. The molecule has 0 saturated heterocycles. The lowest BCUT2D eigenvalue weighted by Gasteiger charge is -2.08. The van der Waals surface area contributed by atoms with Gasteiger partial charge >= 0.3 is 0 Å². The van der Waals surface area contributed by atoms with Crippen LogP contribution in [-0.2, 0) is 4.79 Å². The number of rotatable bonds is 6. The van der Waals surface area contributed by atoms with E-state index in [1.165, 1.54) is 0 Å². The van der Waals surface area contributed by atoms with Gasteiger partial charge in [-0.1, -0.05) is 6.92 Å². The third-order valence-electron chi connectivity index (χ3n) is 2.26. The first-order valence-electron chi connectivity index (χ1n) is 5.76. The summed E-state index contributed by atoms with van der Waals surface area (Å²) in [5.74, 6) is 0.908. The largest absolute Gasteiger partial charge is 0.369 e. The van der Waals surface area contributed by atoms with Gasteiger partial charge in [-0.05, 0) is 40.9 Å². The predicted molar refractivity (Wildman–Crippen MR) is 73.1 cm³/mol. The van der Waals surface area contributed by atoms with Crippen LogP contribution < -0.4 is 10.6 Å². The summed E-state index contributed by atoms with van der Waals surface area (Å²) < 4.78 is 0.959. The summed E-state index contributed by atoms with van der Waals surface area (Å²) in [6, 6.07) is 1.99. The molecule has 0 radical (unpaired) electrons. The third-order valence-corrected chi connectivity index (χ3v) is 2.70. The summed E-state index contributed by atoms with van der Waals surface area (Å²) in [7, 11) is 0. The van der Waals surface area contributed by atoms with E-state index in [1.54, 1.807) is 6.20 Å². The summed E-state index contributed by atoms with van der Waals surface area (Å²) in [4.78, 5) is 15.6. The monoisotopic (exact) mass is 299 g/mol. The Hall–Kier alpha value is -1.10. The molecule has 1 amide bonds. The number of hydrogen-bond acceptors (Lipinski definition) is 3. The van der Waals surface area contributed by atoms with Gasteiger partial charge in [0, 0.05) is 30.2 Å². The van der Waals surface area contributed by atoms with Crippen LogP contribution in [0.3, 0.4) is 0 Å². The molecular weight excluding hydrogens is 282 g/mol. The molecule has 0 fully saturated rings. The lowest BCUT2D eigenvalue weighted by molar-refractivity contribution is -0.120. The van der Waals surface area contributed by atoms with Crippen LogP contribution >= 0.6 is 15.9 Å². The molecule has 4 nitrogen and oxygen atoms in total. The number of carbonyl (C=O) groups excluding carboxylic acids is 1. The molecule has 0 aliphatic heterocycles. The summed E-state index contributed by atoms with van der Waals surface area (Å²) in [6.45, 7) is 5.37. The lowest BCUT2D eigenvalue weighted by Crippen LogP contribution is -2.26. The average molecular weight is 300 g/mol. The number of anilines is 1. The lowest BCUT2D eigenvalue weighted by atomic mass is 10.3. The van der Waals surface area contributed by atoms with Crippen molar-refractivity contribution in [3.63, 3.8) is 0 Å². The zero-order chi connectivity index (χ0) is 12.7.